The quantitative estimate of drug-likeness (QED) is 0.562. The summed E-state index contributed by atoms with van der Waals surface area (Å²) in [5.74, 6) is 1.76. The van der Waals surface area contributed by atoms with Gasteiger partial charge in [0.05, 0.1) is 11.4 Å². The molecule has 0 unspecified atom stereocenters. The van der Waals surface area contributed by atoms with Gasteiger partial charge in [0.1, 0.15) is 0 Å². The first-order chi connectivity index (χ1) is 8.66. The first-order valence-electron chi connectivity index (χ1n) is 5.21. The lowest BCUT2D eigenvalue weighted by Gasteiger charge is -2.20. The molecule has 18 heavy (non-hydrogen) atoms. The first kappa shape index (κ1) is 11.8. The van der Waals surface area contributed by atoms with E-state index in [1.165, 1.54) is 0 Å². The highest BCUT2D eigenvalue weighted by Crippen LogP contribution is 2.40. The maximum atomic E-state index is 8.56. The summed E-state index contributed by atoms with van der Waals surface area (Å²) in [7, 11) is 0. The number of rotatable bonds is 0. The molecule has 0 saturated heterocycles. The van der Waals surface area contributed by atoms with Crippen LogP contribution in [0.1, 0.15) is 0 Å². The van der Waals surface area contributed by atoms with Crippen LogP contribution >= 0.6 is 0 Å². The van der Waals surface area contributed by atoms with Crippen LogP contribution in [-0.2, 0) is 0 Å². The molecule has 1 aliphatic heterocycles. The van der Waals surface area contributed by atoms with Gasteiger partial charge < -0.3 is 20.3 Å². The minimum Gasteiger partial charge on any atom is -0.453 e. The second-order valence-electron chi connectivity index (χ2n) is 3.50. The van der Waals surface area contributed by atoms with Crippen LogP contribution in [0.25, 0.3) is 0 Å². The summed E-state index contributed by atoms with van der Waals surface area (Å²) in [6, 6.07) is 15.8. The molecule has 0 spiro atoms. The monoisotopic (exact) mass is 245 g/mol. The van der Waals surface area contributed by atoms with E-state index in [9.17, 15) is 0 Å². The number of benzene rings is 2. The smallest absolute Gasteiger partial charge is 0.453 e. The largest absolute Gasteiger partial charge is 0.503 e. The zero-order valence-corrected chi connectivity index (χ0v) is 9.33. The molecule has 5 nitrogen and oxygen atoms in total. The van der Waals surface area contributed by atoms with Crippen molar-refractivity contribution in [3.05, 3.63) is 48.5 Å². The molecule has 0 fully saturated rings. The number of nitrogens with one attached hydrogen (secondary N) is 1. The molecule has 5 heteroatoms. The van der Waals surface area contributed by atoms with Crippen LogP contribution in [0.5, 0.6) is 11.5 Å². The van der Waals surface area contributed by atoms with Gasteiger partial charge in [-0.15, -0.1) is 0 Å². The Kier molecular flexibility index (Phi) is 3.33. The van der Waals surface area contributed by atoms with Crippen molar-refractivity contribution in [2.24, 2.45) is 0 Å². The predicted molar refractivity (Wildman–Crippen MR) is 66.9 cm³/mol. The molecule has 0 aliphatic carbocycles. The standard InChI is InChI=1S/C12H9NO.CH2O3/c1-3-7-11-9(5-1)13-10-6-2-4-8-12(10)14-11;2-1(3)4/h1-8,13H;(H2,2,3,4). The Morgan fingerprint density at radius 2 is 1.28 bits per heavy atom. The Bertz CT molecular complexity index is 477. The molecule has 0 saturated carbocycles. The van der Waals surface area contributed by atoms with Crippen molar-refractivity contribution in [1.82, 2.24) is 0 Å². The molecule has 92 valence electrons. The Hall–Kier alpha value is -2.69. The van der Waals surface area contributed by atoms with E-state index >= 15 is 0 Å². The second-order valence-corrected chi connectivity index (χ2v) is 3.50. The maximum Gasteiger partial charge on any atom is 0.503 e. The molecule has 1 heterocycles. The zero-order chi connectivity index (χ0) is 13.0. The van der Waals surface area contributed by atoms with Gasteiger partial charge in [0, 0.05) is 0 Å². The Labute approximate surface area is 103 Å². The van der Waals surface area contributed by atoms with Gasteiger partial charge in [0.25, 0.3) is 0 Å². The average Bonchev–Trinajstić information content (AvgIpc) is 2.35. The van der Waals surface area contributed by atoms with Crippen LogP contribution in [0.15, 0.2) is 48.5 Å². The normalized spacial score (nSPS) is 10.7. The number of carbonyl (C=O) groups is 1. The van der Waals surface area contributed by atoms with Crippen LogP contribution in [0, 0.1) is 0 Å². The highest BCUT2D eigenvalue weighted by atomic mass is 16.6. The average molecular weight is 245 g/mol. The van der Waals surface area contributed by atoms with Crippen LogP contribution in [0.4, 0.5) is 16.2 Å². The maximum absolute atomic E-state index is 8.56. The van der Waals surface area contributed by atoms with Crippen molar-refractivity contribution in [1.29, 1.82) is 0 Å². The molecule has 0 bridgehead atoms. The van der Waals surface area contributed by atoms with Gasteiger partial charge in [-0.25, -0.2) is 4.79 Å². The molecule has 2 aromatic rings. The minimum atomic E-state index is -1.83. The summed E-state index contributed by atoms with van der Waals surface area (Å²) in [6.45, 7) is 0. The van der Waals surface area contributed by atoms with Crippen LogP contribution in [-0.4, -0.2) is 16.4 Å². The summed E-state index contributed by atoms with van der Waals surface area (Å²) >= 11 is 0. The van der Waals surface area contributed by atoms with Gasteiger partial charge in [0.15, 0.2) is 11.5 Å². The van der Waals surface area contributed by atoms with Crippen molar-refractivity contribution in [2.75, 3.05) is 5.32 Å². The molecular formula is C13H11NO4. The fourth-order valence-corrected chi connectivity index (χ4v) is 1.58. The number of ether oxygens (including phenoxy) is 1. The summed E-state index contributed by atoms with van der Waals surface area (Å²) in [5, 5.41) is 17.3. The number of anilines is 2. The van der Waals surface area contributed by atoms with Crippen molar-refractivity contribution < 1.29 is 19.7 Å². The summed E-state index contributed by atoms with van der Waals surface area (Å²) in [5.41, 5.74) is 2.04. The van der Waals surface area contributed by atoms with Gasteiger partial charge in [-0.2, -0.15) is 0 Å². The Morgan fingerprint density at radius 3 is 1.72 bits per heavy atom. The Morgan fingerprint density at radius 1 is 0.889 bits per heavy atom. The van der Waals surface area contributed by atoms with Gasteiger partial charge in [0.2, 0.25) is 0 Å². The lowest BCUT2D eigenvalue weighted by molar-refractivity contribution is 0.137. The lowest BCUT2D eigenvalue weighted by atomic mass is 10.2. The third-order valence-corrected chi connectivity index (χ3v) is 2.26. The van der Waals surface area contributed by atoms with Crippen molar-refractivity contribution in [3.63, 3.8) is 0 Å². The lowest BCUT2D eigenvalue weighted by Crippen LogP contribution is -2.01. The number of para-hydroxylation sites is 4. The van der Waals surface area contributed by atoms with E-state index in [1.807, 2.05) is 48.5 Å². The van der Waals surface area contributed by atoms with Crippen molar-refractivity contribution in [2.45, 2.75) is 0 Å². The SMILES string of the molecule is O=C(O)O.c1ccc2c(c1)Nc1ccccc1O2. The van der Waals surface area contributed by atoms with Crippen molar-refractivity contribution in [3.8, 4) is 11.5 Å². The molecular weight excluding hydrogens is 234 g/mol. The van der Waals surface area contributed by atoms with E-state index in [4.69, 9.17) is 19.7 Å². The first-order valence-corrected chi connectivity index (χ1v) is 5.21. The molecule has 0 aromatic heterocycles. The number of hydrogen-bond acceptors (Lipinski definition) is 3. The third-order valence-electron chi connectivity index (χ3n) is 2.26. The van der Waals surface area contributed by atoms with Gasteiger partial charge in [-0.3, -0.25) is 0 Å². The van der Waals surface area contributed by atoms with Gasteiger partial charge >= 0.3 is 6.16 Å². The van der Waals surface area contributed by atoms with Gasteiger partial charge in [-0.1, -0.05) is 24.3 Å². The van der Waals surface area contributed by atoms with E-state index in [-0.39, 0.29) is 0 Å². The molecule has 0 amide bonds. The highest BCUT2D eigenvalue weighted by Gasteiger charge is 2.13. The summed E-state index contributed by atoms with van der Waals surface area (Å²) in [6.07, 6.45) is -1.83. The third kappa shape index (κ3) is 2.70. The fourth-order valence-electron chi connectivity index (χ4n) is 1.58. The molecule has 3 N–H and O–H groups in total. The molecule has 0 radical (unpaired) electrons. The number of carboxylic acid groups (broad SMARTS) is 2. The zero-order valence-electron chi connectivity index (χ0n) is 9.33. The Balaban J connectivity index is 0.000000267. The van der Waals surface area contributed by atoms with E-state index < -0.39 is 6.16 Å². The molecule has 0 atom stereocenters. The minimum absolute atomic E-state index is 0.881. The summed E-state index contributed by atoms with van der Waals surface area (Å²) < 4.78 is 5.71. The van der Waals surface area contributed by atoms with E-state index in [1.54, 1.807) is 0 Å². The van der Waals surface area contributed by atoms with Crippen LogP contribution in [0.2, 0.25) is 0 Å². The topological polar surface area (TPSA) is 78.8 Å². The number of fused-ring (bicyclic) bond motifs is 2. The molecule has 3 rings (SSSR count). The fraction of sp³-hybridized carbons (Fsp3) is 0. The number of hydrogen-bond donors (Lipinski definition) is 3. The van der Waals surface area contributed by atoms with Gasteiger partial charge in [-0.05, 0) is 24.3 Å². The molecule has 2 aromatic carbocycles. The molecule has 1 aliphatic rings. The van der Waals surface area contributed by atoms with E-state index in [0.717, 1.165) is 22.9 Å². The van der Waals surface area contributed by atoms with Crippen molar-refractivity contribution >= 4 is 17.5 Å². The van der Waals surface area contributed by atoms with E-state index in [2.05, 4.69) is 5.32 Å². The van der Waals surface area contributed by atoms with Crippen LogP contribution < -0.4 is 10.1 Å². The summed E-state index contributed by atoms with van der Waals surface area (Å²) in [4.78, 5) is 8.56. The predicted octanol–water partition coefficient (Wildman–Crippen LogP) is 3.76. The van der Waals surface area contributed by atoms with E-state index in [0.29, 0.717) is 0 Å². The second kappa shape index (κ2) is 5.09. The highest BCUT2D eigenvalue weighted by molar-refractivity contribution is 5.75. The van der Waals surface area contributed by atoms with Crippen LogP contribution in [0.3, 0.4) is 0 Å².